The lowest BCUT2D eigenvalue weighted by atomic mass is 10.1. The Bertz CT molecular complexity index is 2850. The Morgan fingerprint density at radius 3 is 0.797 bits per heavy atom. The molecule has 0 unspecified atom stereocenters. The number of fused-ring (bicyclic) bond motifs is 8. The minimum atomic E-state index is 0.00553. The molecule has 0 saturated carbocycles. The standard InChI is InChI=1S/C52H50N8O4/c1-29(2)57-21-33(25-61)17-45(57)49-37-9-11-39(53-37)50(46-18-34(26-62)22-58(46)30(3)4)41-13-15-43(55-41)52(48-20-36(28-64)24-60(48)32(7)8)44-16-14-42(56-44)51(40-12-10-38(49)54-40)47-19-35(27-63)23-59(47)31(5)6/h9-32,53,56H,1-8H3. The number of aromatic nitrogens is 8. The highest BCUT2D eigenvalue weighted by Crippen LogP contribution is 2.41. The van der Waals surface area contributed by atoms with E-state index in [1.165, 1.54) is 0 Å². The normalized spacial score (nSPS) is 12.4. The van der Waals surface area contributed by atoms with Crippen LogP contribution in [0, 0.1) is 0 Å². The highest BCUT2D eigenvalue weighted by molar-refractivity contribution is 6.00. The maximum absolute atomic E-state index is 12.4. The van der Waals surface area contributed by atoms with E-state index in [0.717, 1.165) is 92.2 Å². The van der Waals surface area contributed by atoms with Gasteiger partial charge in [-0.3, -0.25) is 19.2 Å². The maximum Gasteiger partial charge on any atom is 0.151 e. The first-order chi connectivity index (χ1) is 30.8. The monoisotopic (exact) mass is 850 g/mol. The third-order valence-corrected chi connectivity index (χ3v) is 12.0. The van der Waals surface area contributed by atoms with Gasteiger partial charge in [0.1, 0.15) is 0 Å². The van der Waals surface area contributed by atoms with Gasteiger partial charge in [0.05, 0.1) is 67.6 Å². The van der Waals surface area contributed by atoms with Crippen LogP contribution in [0.4, 0.5) is 0 Å². The van der Waals surface area contributed by atoms with E-state index < -0.39 is 0 Å². The summed E-state index contributed by atoms with van der Waals surface area (Å²) in [7, 11) is 0. The molecule has 0 aliphatic carbocycles. The molecule has 12 nitrogen and oxygen atoms in total. The lowest BCUT2D eigenvalue weighted by Crippen LogP contribution is -2.03. The van der Waals surface area contributed by atoms with Crippen molar-refractivity contribution in [1.29, 1.82) is 0 Å². The minimum absolute atomic E-state index is 0.00553. The summed E-state index contributed by atoms with van der Waals surface area (Å²) in [6, 6.07) is 15.7. The highest BCUT2D eigenvalue weighted by Gasteiger charge is 2.25. The van der Waals surface area contributed by atoms with E-state index >= 15 is 0 Å². The molecule has 7 aromatic rings. The van der Waals surface area contributed by atoms with E-state index in [4.69, 9.17) is 9.97 Å². The molecule has 2 N–H and O–H groups in total. The number of rotatable bonds is 12. The number of nitrogens with zero attached hydrogens (tertiary/aromatic N) is 6. The van der Waals surface area contributed by atoms with Gasteiger partial charge >= 0.3 is 0 Å². The number of carbonyl (C=O) groups excluding carboxylic acids is 4. The first-order valence-electron chi connectivity index (χ1n) is 21.7. The topological polar surface area (TPSA) is 145 Å². The minimum Gasteiger partial charge on any atom is -0.354 e. The van der Waals surface area contributed by atoms with Crippen molar-refractivity contribution < 1.29 is 19.2 Å². The van der Waals surface area contributed by atoms with Crippen LogP contribution in [0.15, 0.2) is 73.3 Å². The zero-order valence-corrected chi connectivity index (χ0v) is 37.2. The van der Waals surface area contributed by atoms with Crippen LogP contribution in [0.5, 0.6) is 0 Å². The van der Waals surface area contributed by atoms with Crippen LogP contribution in [-0.4, -0.2) is 63.3 Å². The summed E-state index contributed by atoms with van der Waals surface area (Å²) in [5.41, 5.74) is 14.2. The zero-order chi connectivity index (χ0) is 45.1. The Morgan fingerprint density at radius 2 is 0.609 bits per heavy atom. The summed E-state index contributed by atoms with van der Waals surface area (Å²) in [6.45, 7) is 16.6. The fourth-order valence-corrected chi connectivity index (χ4v) is 9.05. The van der Waals surface area contributed by atoms with E-state index in [9.17, 15) is 19.2 Å². The number of nitrogens with one attached hydrogen (secondary N) is 2. The second-order valence-corrected chi connectivity index (χ2v) is 17.6. The fraction of sp³-hybridized carbons (Fsp3) is 0.231. The predicted molar refractivity (Wildman–Crippen MR) is 256 cm³/mol. The first kappa shape index (κ1) is 41.7. The number of hydrogen-bond acceptors (Lipinski definition) is 6. The molecule has 0 fully saturated rings. The Labute approximate surface area is 370 Å². The van der Waals surface area contributed by atoms with E-state index in [2.05, 4.69) is 83.6 Å². The summed E-state index contributed by atoms with van der Waals surface area (Å²) >= 11 is 0. The van der Waals surface area contributed by atoms with Crippen molar-refractivity contribution in [3.05, 3.63) is 118 Å². The quantitative estimate of drug-likeness (QED) is 0.117. The molecular weight excluding hydrogens is 801 g/mol. The molecule has 0 aromatic carbocycles. The summed E-state index contributed by atoms with van der Waals surface area (Å²) < 4.78 is 8.35. The van der Waals surface area contributed by atoms with Gasteiger partial charge in [0, 0.05) is 93.5 Å². The summed E-state index contributed by atoms with van der Waals surface area (Å²) in [6.07, 6.45) is 18.9. The third kappa shape index (κ3) is 7.04. The van der Waals surface area contributed by atoms with Crippen molar-refractivity contribution in [2.24, 2.45) is 0 Å². The van der Waals surface area contributed by atoms with Crippen LogP contribution < -0.4 is 0 Å². The number of aromatic amines is 2. The van der Waals surface area contributed by atoms with Gasteiger partial charge in [-0.05, 0) is 128 Å². The van der Waals surface area contributed by atoms with E-state index in [1.54, 1.807) is 0 Å². The van der Waals surface area contributed by atoms with Crippen LogP contribution in [0.25, 0.3) is 91.4 Å². The van der Waals surface area contributed by atoms with Crippen LogP contribution in [0.2, 0.25) is 0 Å². The summed E-state index contributed by atoms with van der Waals surface area (Å²) in [5.74, 6) is 0. The first-order valence-corrected chi connectivity index (χ1v) is 21.7. The van der Waals surface area contributed by atoms with Crippen LogP contribution >= 0.6 is 0 Å². The average molecular weight is 851 g/mol. The number of carbonyl (C=O) groups is 4. The zero-order valence-electron chi connectivity index (χ0n) is 37.2. The van der Waals surface area contributed by atoms with Gasteiger partial charge in [0.25, 0.3) is 0 Å². The predicted octanol–water partition coefficient (Wildman–Crippen LogP) is 12.1. The van der Waals surface area contributed by atoms with Crippen LogP contribution in [0.3, 0.4) is 0 Å². The summed E-state index contributed by atoms with van der Waals surface area (Å²) in [5, 5.41) is 0. The number of H-pyrrole nitrogens is 2. The molecule has 2 aliphatic heterocycles. The van der Waals surface area contributed by atoms with Crippen LogP contribution in [0.1, 0.15) is 144 Å². The molecule has 9 heterocycles. The molecule has 12 heteroatoms. The molecule has 7 aromatic heterocycles. The van der Waals surface area contributed by atoms with Gasteiger partial charge < -0.3 is 28.2 Å². The Hall–Kier alpha value is -7.60. The smallest absolute Gasteiger partial charge is 0.151 e. The van der Waals surface area contributed by atoms with Gasteiger partial charge in [-0.15, -0.1) is 0 Å². The van der Waals surface area contributed by atoms with Crippen molar-refractivity contribution in [2.75, 3.05) is 0 Å². The fourth-order valence-electron chi connectivity index (χ4n) is 9.05. The van der Waals surface area contributed by atoms with Gasteiger partial charge in [-0.2, -0.15) is 0 Å². The van der Waals surface area contributed by atoms with Gasteiger partial charge in [0.15, 0.2) is 25.1 Å². The largest absolute Gasteiger partial charge is 0.354 e. The molecule has 0 atom stereocenters. The summed E-state index contributed by atoms with van der Waals surface area (Å²) in [4.78, 5) is 67.8. The second-order valence-electron chi connectivity index (χ2n) is 17.6. The Balaban J connectivity index is 1.53. The van der Waals surface area contributed by atoms with E-state index in [0.29, 0.717) is 45.0 Å². The van der Waals surface area contributed by atoms with Gasteiger partial charge in [0.2, 0.25) is 0 Å². The molecule has 64 heavy (non-hydrogen) atoms. The van der Waals surface area contributed by atoms with Crippen molar-refractivity contribution in [1.82, 2.24) is 38.2 Å². The number of aldehydes is 4. The molecule has 0 amide bonds. The van der Waals surface area contributed by atoms with Crippen LogP contribution in [-0.2, 0) is 0 Å². The average Bonchev–Trinajstić information content (AvgIpc) is 4.12. The van der Waals surface area contributed by atoms with E-state index in [-0.39, 0.29) is 24.2 Å². The second kappa shape index (κ2) is 16.3. The molecule has 8 bridgehead atoms. The van der Waals surface area contributed by atoms with Gasteiger partial charge in [-0.25, -0.2) is 9.97 Å². The lowest BCUT2D eigenvalue weighted by Gasteiger charge is -2.15. The van der Waals surface area contributed by atoms with Crippen molar-refractivity contribution in [3.63, 3.8) is 0 Å². The molecular formula is C52H50N8O4. The molecule has 9 rings (SSSR count). The third-order valence-electron chi connectivity index (χ3n) is 12.0. The molecule has 0 spiro atoms. The van der Waals surface area contributed by atoms with Crippen molar-refractivity contribution in [3.8, 4) is 45.0 Å². The molecule has 0 radical (unpaired) electrons. The molecule has 2 aliphatic rings. The van der Waals surface area contributed by atoms with Gasteiger partial charge in [-0.1, -0.05) is 0 Å². The van der Waals surface area contributed by atoms with Crippen molar-refractivity contribution in [2.45, 2.75) is 79.6 Å². The molecule has 0 saturated heterocycles. The molecule has 322 valence electrons. The Morgan fingerprint density at radius 1 is 0.391 bits per heavy atom. The van der Waals surface area contributed by atoms with E-state index in [1.807, 2.05) is 97.6 Å². The SMILES string of the molecule is CC(C)n1cc(C=O)cc1-c1c2nc(c(-c3cc(C=O)cn3C(C)C)c3ccc([nH]3)c(-c3cc(C=O)cn3C(C)C)c3nc(c(-c4cc(C=O)cn4C(C)C)c4ccc1[nH]4)C=C3)C=C2. The van der Waals surface area contributed by atoms with Crippen molar-refractivity contribution >= 4 is 71.5 Å². The highest BCUT2D eigenvalue weighted by atomic mass is 16.1. The Kier molecular flexibility index (Phi) is 10.6. The lowest BCUT2D eigenvalue weighted by molar-refractivity contribution is 0.111. The maximum atomic E-state index is 12.4. The number of hydrogen-bond donors (Lipinski definition) is 2.